The Morgan fingerprint density at radius 2 is 2.35 bits per heavy atom. The van der Waals surface area contributed by atoms with E-state index in [-0.39, 0.29) is 11.4 Å². The van der Waals surface area contributed by atoms with Gasteiger partial charge in [-0.3, -0.25) is 4.79 Å². The molecule has 4 heteroatoms. The van der Waals surface area contributed by atoms with Gasteiger partial charge in [0.1, 0.15) is 0 Å². The number of carbonyl (C=O) groups is 1. The average molecular weight is 250 g/mol. The zero-order valence-electron chi connectivity index (χ0n) is 10.3. The van der Waals surface area contributed by atoms with Crippen molar-refractivity contribution >= 4 is 17.2 Å². The maximum Gasteiger partial charge on any atom is 0.264 e. The van der Waals surface area contributed by atoms with Gasteiger partial charge in [-0.25, -0.2) is 0 Å². The number of carbonyl (C=O) groups excluding carboxylic acids is 1. The van der Waals surface area contributed by atoms with E-state index in [1.54, 1.807) is 0 Å². The van der Waals surface area contributed by atoms with Crippen LogP contribution in [0.2, 0.25) is 0 Å². The Balaban J connectivity index is 1.87. The van der Waals surface area contributed by atoms with E-state index in [9.17, 15) is 4.79 Å². The second-order valence-electron chi connectivity index (χ2n) is 5.57. The van der Waals surface area contributed by atoms with Gasteiger partial charge in [-0.15, -0.1) is 11.3 Å². The lowest BCUT2D eigenvalue weighted by Gasteiger charge is -2.35. The van der Waals surface area contributed by atoms with Crippen LogP contribution in [0.1, 0.15) is 23.5 Å². The topological polar surface area (TPSA) is 32.3 Å². The van der Waals surface area contributed by atoms with Gasteiger partial charge >= 0.3 is 0 Å². The summed E-state index contributed by atoms with van der Waals surface area (Å²) in [5.41, 5.74) is -0.0186. The van der Waals surface area contributed by atoms with Gasteiger partial charge in [0, 0.05) is 25.2 Å². The summed E-state index contributed by atoms with van der Waals surface area (Å²) in [6.45, 7) is 7.42. The van der Waals surface area contributed by atoms with Crippen molar-refractivity contribution in [2.24, 2.45) is 11.8 Å². The smallest absolute Gasteiger partial charge is 0.264 e. The van der Waals surface area contributed by atoms with Crippen LogP contribution in [-0.4, -0.2) is 36.0 Å². The summed E-state index contributed by atoms with van der Waals surface area (Å²) >= 11 is 1.54. The van der Waals surface area contributed by atoms with Gasteiger partial charge in [0.2, 0.25) is 0 Å². The summed E-state index contributed by atoms with van der Waals surface area (Å²) in [5, 5.41) is 5.41. The van der Waals surface area contributed by atoms with Crippen molar-refractivity contribution in [1.29, 1.82) is 0 Å². The van der Waals surface area contributed by atoms with Crippen LogP contribution in [0.4, 0.5) is 0 Å². The summed E-state index contributed by atoms with van der Waals surface area (Å²) in [7, 11) is 0. The summed E-state index contributed by atoms with van der Waals surface area (Å²) in [6, 6.07) is 3.87. The van der Waals surface area contributed by atoms with E-state index in [0.717, 1.165) is 24.5 Å². The van der Waals surface area contributed by atoms with Crippen LogP contribution in [0.15, 0.2) is 17.5 Å². The summed E-state index contributed by atoms with van der Waals surface area (Å²) in [5.74, 6) is 1.44. The normalized spacial score (nSPS) is 30.6. The minimum absolute atomic E-state index is 0.0186. The van der Waals surface area contributed by atoms with Gasteiger partial charge in [-0.2, -0.15) is 0 Å². The second kappa shape index (κ2) is 3.82. The largest absolute Gasteiger partial charge is 0.332 e. The standard InChI is InChI=1S/C13H18N2OS/c1-13(2)10-7-14-6-9(10)8-15(13)12(16)11-4-3-5-17-11/h3-5,9-10,14H,6-8H2,1-2H3. The SMILES string of the molecule is CC1(C)C2CNCC2CN1C(=O)c1cccs1. The first kappa shape index (κ1) is 11.2. The quantitative estimate of drug-likeness (QED) is 0.824. The molecule has 92 valence electrons. The molecule has 1 amide bonds. The molecule has 0 bridgehead atoms. The highest BCUT2D eigenvalue weighted by Crippen LogP contribution is 2.41. The first-order valence-electron chi connectivity index (χ1n) is 6.17. The molecular formula is C13H18N2OS. The third kappa shape index (κ3) is 1.62. The summed E-state index contributed by atoms with van der Waals surface area (Å²) < 4.78 is 0. The van der Waals surface area contributed by atoms with E-state index in [0.29, 0.717) is 11.8 Å². The van der Waals surface area contributed by atoms with E-state index in [1.165, 1.54) is 11.3 Å². The number of hydrogen-bond acceptors (Lipinski definition) is 3. The molecule has 1 aromatic rings. The van der Waals surface area contributed by atoms with Crippen LogP contribution < -0.4 is 5.32 Å². The minimum Gasteiger partial charge on any atom is -0.332 e. The highest BCUT2D eigenvalue weighted by Gasteiger charge is 2.51. The Kier molecular flexibility index (Phi) is 2.52. The van der Waals surface area contributed by atoms with Crippen LogP contribution >= 0.6 is 11.3 Å². The van der Waals surface area contributed by atoms with Crippen molar-refractivity contribution in [2.45, 2.75) is 19.4 Å². The van der Waals surface area contributed by atoms with Gasteiger partial charge in [-0.1, -0.05) is 6.07 Å². The molecular weight excluding hydrogens is 232 g/mol. The molecule has 2 fully saturated rings. The molecule has 2 saturated heterocycles. The van der Waals surface area contributed by atoms with E-state index in [4.69, 9.17) is 0 Å². The number of nitrogens with zero attached hydrogens (tertiary/aromatic N) is 1. The fourth-order valence-corrected chi connectivity index (χ4v) is 3.97. The Bertz CT molecular complexity index is 427. The fourth-order valence-electron chi connectivity index (χ4n) is 3.30. The third-order valence-corrected chi connectivity index (χ3v) is 5.19. The Morgan fingerprint density at radius 3 is 3.00 bits per heavy atom. The fraction of sp³-hybridized carbons (Fsp3) is 0.615. The van der Waals surface area contributed by atoms with Gasteiger partial charge in [0.15, 0.2) is 0 Å². The maximum atomic E-state index is 12.5. The molecule has 1 N–H and O–H groups in total. The van der Waals surface area contributed by atoms with Crippen LogP contribution in [0, 0.1) is 11.8 Å². The Hall–Kier alpha value is -0.870. The molecule has 2 atom stereocenters. The van der Waals surface area contributed by atoms with Crippen LogP contribution in [0.25, 0.3) is 0 Å². The number of rotatable bonds is 1. The number of fused-ring (bicyclic) bond motifs is 1. The predicted octanol–water partition coefficient (Wildman–Crippen LogP) is 1.82. The predicted molar refractivity (Wildman–Crippen MR) is 69.3 cm³/mol. The van der Waals surface area contributed by atoms with Crippen molar-refractivity contribution < 1.29 is 4.79 Å². The number of likely N-dealkylation sites (tertiary alicyclic amines) is 1. The molecule has 2 unspecified atom stereocenters. The number of amides is 1. The lowest BCUT2D eigenvalue weighted by atomic mass is 9.85. The van der Waals surface area contributed by atoms with Crippen LogP contribution in [-0.2, 0) is 0 Å². The van der Waals surface area contributed by atoms with Gasteiger partial charge in [-0.05, 0) is 37.1 Å². The molecule has 3 nitrogen and oxygen atoms in total. The van der Waals surface area contributed by atoms with E-state index < -0.39 is 0 Å². The number of thiophene rings is 1. The molecule has 1 aromatic heterocycles. The van der Waals surface area contributed by atoms with Gasteiger partial charge in [0.25, 0.3) is 5.91 Å². The van der Waals surface area contributed by atoms with E-state index in [1.807, 2.05) is 17.5 Å². The molecule has 0 aromatic carbocycles. The molecule has 2 aliphatic rings. The molecule has 0 spiro atoms. The number of hydrogen-bond donors (Lipinski definition) is 1. The highest BCUT2D eigenvalue weighted by atomic mass is 32.1. The van der Waals surface area contributed by atoms with Crippen molar-refractivity contribution in [1.82, 2.24) is 10.2 Å². The molecule has 3 rings (SSSR count). The minimum atomic E-state index is -0.0186. The highest BCUT2D eigenvalue weighted by molar-refractivity contribution is 7.12. The zero-order chi connectivity index (χ0) is 12.0. The molecule has 0 saturated carbocycles. The third-order valence-electron chi connectivity index (χ3n) is 4.34. The summed E-state index contributed by atoms with van der Waals surface area (Å²) in [6.07, 6.45) is 0. The summed E-state index contributed by atoms with van der Waals surface area (Å²) in [4.78, 5) is 15.4. The Labute approximate surface area is 106 Å². The molecule has 3 heterocycles. The monoisotopic (exact) mass is 250 g/mol. The molecule has 17 heavy (non-hydrogen) atoms. The first-order chi connectivity index (χ1) is 8.10. The zero-order valence-corrected chi connectivity index (χ0v) is 11.1. The van der Waals surface area contributed by atoms with Gasteiger partial charge < -0.3 is 10.2 Å². The van der Waals surface area contributed by atoms with Crippen LogP contribution in [0.3, 0.4) is 0 Å². The van der Waals surface area contributed by atoms with Crippen LogP contribution in [0.5, 0.6) is 0 Å². The second-order valence-corrected chi connectivity index (χ2v) is 6.52. The maximum absolute atomic E-state index is 12.5. The van der Waals surface area contributed by atoms with Crippen molar-refractivity contribution in [3.63, 3.8) is 0 Å². The lowest BCUT2D eigenvalue weighted by Crippen LogP contribution is -2.47. The molecule has 2 aliphatic heterocycles. The van der Waals surface area contributed by atoms with Gasteiger partial charge in [0.05, 0.1) is 4.88 Å². The average Bonchev–Trinajstić information content (AvgIpc) is 2.97. The number of nitrogens with one attached hydrogen (secondary N) is 1. The Morgan fingerprint density at radius 1 is 1.53 bits per heavy atom. The molecule has 0 aliphatic carbocycles. The van der Waals surface area contributed by atoms with Crippen molar-refractivity contribution in [2.75, 3.05) is 19.6 Å². The van der Waals surface area contributed by atoms with Crippen molar-refractivity contribution in [3.05, 3.63) is 22.4 Å². The van der Waals surface area contributed by atoms with Crippen molar-refractivity contribution in [3.8, 4) is 0 Å². The van der Waals surface area contributed by atoms with E-state index in [2.05, 4.69) is 24.1 Å². The first-order valence-corrected chi connectivity index (χ1v) is 7.05. The lowest BCUT2D eigenvalue weighted by molar-refractivity contribution is 0.0608. The van der Waals surface area contributed by atoms with E-state index >= 15 is 0 Å². The molecule has 0 radical (unpaired) electrons.